The van der Waals surface area contributed by atoms with Gasteiger partial charge < -0.3 is 10.0 Å². The van der Waals surface area contributed by atoms with Crippen LogP contribution in [-0.2, 0) is 4.79 Å². The van der Waals surface area contributed by atoms with Crippen molar-refractivity contribution in [3.63, 3.8) is 0 Å². The number of aliphatic hydroxyl groups excluding tert-OH is 1. The van der Waals surface area contributed by atoms with Gasteiger partial charge in [-0.2, -0.15) is 0 Å². The van der Waals surface area contributed by atoms with E-state index in [1.807, 2.05) is 42.2 Å². The molecule has 1 aromatic carbocycles. The molecule has 3 heteroatoms. The Morgan fingerprint density at radius 1 is 1.40 bits per heavy atom. The summed E-state index contributed by atoms with van der Waals surface area (Å²) in [6.45, 7) is 5.41. The number of benzene rings is 1. The van der Waals surface area contributed by atoms with Crippen molar-refractivity contribution in [3.8, 4) is 0 Å². The summed E-state index contributed by atoms with van der Waals surface area (Å²) in [4.78, 5) is 14.7. The Balaban J connectivity index is 2.09. The van der Waals surface area contributed by atoms with E-state index in [9.17, 15) is 9.90 Å². The second-order valence-corrected chi connectivity index (χ2v) is 5.83. The molecule has 0 aliphatic carbocycles. The molecule has 110 valence electrons. The summed E-state index contributed by atoms with van der Waals surface area (Å²) in [6.07, 6.45) is 2.48. The number of hydrogen-bond donors (Lipinski definition) is 1. The van der Waals surface area contributed by atoms with Crippen LogP contribution in [0.2, 0.25) is 0 Å². The molecule has 2 rings (SSSR count). The predicted molar refractivity (Wildman–Crippen MR) is 80.5 cm³/mol. The van der Waals surface area contributed by atoms with Crippen LogP contribution in [0.1, 0.15) is 44.6 Å². The van der Waals surface area contributed by atoms with E-state index in [1.165, 1.54) is 0 Å². The first-order valence-electron chi connectivity index (χ1n) is 7.65. The van der Waals surface area contributed by atoms with E-state index >= 15 is 0 Å². The maximum absolute atomic E-state index is 12.7. The van der Waals surface area contributed by atoms with Gasteiger partial charge in [0.1, 0.15) is 0 Å². The molecule has 3 atom stereocenters. The third-order valence-corrected chi connectivity index (χ3v) is 4.30. The van der Waals surface area contributed by atoms with Crippen molar-refractivity contribution in [2.45, 2.75) is 45.1 Å². The van der Waals surface area contributed by atoms with Crippen molar-refractivity contribution in [1.82, 2.24) is 4.90 Å². The Hall–Kier alpha value is -1.35. The molecule has 1 N–H and O–H groups in total. The molecule has 0 spiro atoms. The quantitative estimate of drug-likeness (QED) is 0.897. The molecule has 0 unspecified atom stereocenters. The number of rotatable bonds is 5. The van der Waals surface area contributed by atoms with Crippen molar-refractivity contribution in [2.75, 3.05) is 13.1 Å². The van der Waals surface area contributed by atoms with Crippen molar-refractivity contribution in [3.05, 3.63) is 35.9 Å². The summed E-state index contributed by atoms with van der Waals surface area (Å²) >= 11 is 0. The molecule has 1 saturated heterocycles. The van der Waals surface area contributed by atoms with Crippen LogP contribution < -0.4 is 0 Å². The van der Waals surface area contributed by atoms with Gasteiger partial charge in [0.25, 0.3) is 0 Å². The molecule has 0 saturated carbocycles. The third-order valence-electron chi connectivity index (χ3n) is 4.30. The van der Waals surface area contributed by atoms with E-state index in [-0.39, 0.29) is 23.8 Å². The lowest BCUT2D eigenvalue weighted by Crippen LogP contribution is -2.34. The summed E-state index contributed by atoms with van der Waals surface area (Å²) in [5, 5.41) is 9.67. The van der Waals surface area contributed by atoms with Gasteiger partial charge >= 0.3 is 0 Å². The highest BCUT2D eigenvalue weighted by Crippen LogP contribution is 2.28. The number of carbonyl (C=O) groups is 1. The third kappa shape index (κ3) is 3.40. The Bertz CT molecular complexity index is 430. The molecule has 1 heterocycles. The van der Waals surface area contributed by atoms with E-state index in [4.69, 9.17) is 0 Å². The van der Waals surface area contributed by atoms with Gasteiger partial charge in [-0.15, -0.1) is 0 Å². The number of amides is 1. The first-order valence-corrected chi connectivity index (χ1v) is 7.65. The molecule has 1 amide bonds. The lowest BCUT2D eigenvalue weighted by molar-refractivity contribution is -0.132. The molecule has 1 aromatic rings. The standard InChI is InChI=1S/C17H25NO2/c1-3-7-16(14-8-5-4-6-9-14)17(20)18-11-10-15(12-18)13(2)19/h4-6,8-9,13,15-16,19H,3,7,10-12H2,1-2H3/t13-,15-,16+/m1/s1. The average Bonchev–Trinajstić information content (AvgIpc) is 2.95. The van der Waals surface area contributed by atoms with E-state index in [0.29, 0.717) is 6.54 Å². The first-order chi connectivity index (χ1) is 9.63. The summed E-state index contributed by atoms with van der Waals surface area (Å²) in [5.74, 6) is 0.423. The van der Waals surface area contributed by atoms with Gasteiger partial charge in [0.15, 0.2) is 0 Å². The van der Waals surface area contributed by atoms with Crippen LogP contribution in [0.3, 0.4) is 0 Å². The maximum atomic E-state index is 12.7. The van der Waals surface area contributed by atoms with Crippen molar-refractivity contribution < 1.29 is 9.90 Å². The van der Waals surface area contributed by atoms with Gasteiger partial charge in [-0.05, 0) is 25.3 Å². The fourth-order valence-corrected chi connectivity index (χ4v) is 3.01. The largest absolute Gasteiger partial charge is 0.393 e. The van der Waals surface area contributed by atoms with Crippen molar-refractivity contribution in [2.24, 2.45) is 5.92 Å². The topological polar surface area (TPSA) is 40.5 Å². The van der Waals surface area contributed by atoms with E-state index in [1.54, 1.807) is 0 Å². The van der Waals surface area contributed by atoms with Crippen molar-refractivity contribution >= 4 is 5.91 Å². The van der Waals surface area contributed by atoms with Crippen LogP contribution in [0.15, 0.2) is 30.3 Å². The van der Waals surface area contributed by atoms with Crippen LogP contribution >= 0.6 is 0 Å². The second kappa shape index (κ2) is 6.89. The summed E-state index contributed by atoms with van der Waals surface area (Å²) in [5.41, 5.74) is 1.11. The molecular weight excluding hydrogens is 250 g/mol. The highest BCUT2D eigenvalue weighted by atomic mass is 16.3. The number of aliphatic hydroxyl groups is 1. The molecule has 1 aliphatic rings. The second-order valence-electron chi connectivity index (χ2n) is 5.83. The Labute approximate surface area is 121 Å². The fraction of sp³-hybridized carbons (Fsp3) is 0.588. The Kier molecular flexibility index (Phi) is 5.18. The molecule has 20 heavy (non-hydrogen) atoms. The van der Waals surface area contributed by atoms with Crippen LogP contribution in [0, 0.1) is 5.92 Å². The zero-order chi connectivity index (χ0) is 14.5. The lowest BCUT2D eigenvalue weighted by atomic mass is 9.93. The molecular formula is C17H25NO2. The number of carbonyl (C=O) groups excluding carboxylic acids is 1. The van der Waals surface area contributed by atoms with Crippen LogP contribution in [0.5, 0.6) is 0 Å². The average molecular weight is 275 g/mol. The highest BCUT2D eigenvalue weighted by molar-refractivity contribution is 5.84. The zero-order valence-electron chi connectivity index (χ0n) is 12.5. The van der Waals surface area contributed by atoms with Crippen molar-refractivity contribution in [1.29, 1.82) is 0 Å². The van der Waals surface area contributed by atoms with Gasteiger partial charge in [0.2, 0.25) is 5.91 Å². The van der Waals surface area contributed by atoms with E-state index in [0.717, 1.165) is 31.4 Å². The van der Waals surface area contributed by atoms with Crippen LogP contribution in [-0.4, -0.2) is 35.1 Å². The smallest absolute Gasteiger partial charge is 0.230 e. The lowest BCUT2D eigenvalue weighted by Gasteiger charge is -2.24. The summed E-state index contributed by atoms with van der Waals surface area (Å²) < 4.78 is 0. The summed E-state index contributed by atoms with van der Waals surface area (Å²) in [6, 6.07) is 10.1. The molecule has 1 fully saturated rings. The molecule has 0 bridgehead atoms. The molecule has 3 nitrogen and oxygen atoms in total. The number of hydrogen-bond acceptors (Lipinski definition) is 2. The minimum Gasteiger partial charge on any atom is -0.393 e. The van der Waals surface area contributed by atoms with Gasteiger partial charge in [-0.25, -0.2) is 0 Å². The zero-order valence-corrected chi connectivity index (χ0v) is 12.5. The minimum absolute atomic E-state index is 0.0334. The maximum Gasteiger partial charge on any atom is 0.230 e. The van der Waals surface area contributed by atoms with Gasteiger partial charge in [0.05, 0.1) is 12.0 Å². The fourth-order valence-electron chi connectivity index (χ4n) is 3.01. The van der Waals surface area contributed by atoms with Gasteiger partial charge in [-0.1, -0.05) is 43.7 Å². The number of nitrogens with zero attached hydrogens (tertiary/aromatic N) is 1. The van der Waals surface area contributed by atoms with E-state index < -0.39 is 0 Å². The molecule has 0 radical (unpaired) electrons. The number of likely N-dealkylation sites (tertiary alicyclic amines) is 1. The monoisotopic (exact) mass is 275 g/mol. The minimum atomic E-state index is -0.325. The van der Waals surface area contributed by atoms with Crippen LogP contribution in [0.4, 0.5) is 0 Å². The predicted octanol–water partition coefficient (Wildman–Crippen LogP) is 2.80. The van der Waals surface area contributed by atoms with E-state index in [2.05, 4.69) is 6.92 Å². The highest BCUT2D eigenvalue weighted by Gasteiger charge is 2.32. The Morgan fingerprint density at radius 2 is 2.10 bits per heavy atom. The molecule has 1 aliphatic heterocycles. The van der Waals surface area contributed by atoms with Crippen LogP contribution in [0.25, 0.3) is 0 Å². The van der Waals surface area contributed by atoms with Gasteiger partial charge in [-0.3, -0.25) is 4.79 Å². The summed E-state index contributed by atoms with van der Waals surface area (Å²) in [7, 11) is 0. The Morgan fingerprint density at radius 3 is 2.65 bits per heavy atom. The normalized spacial score (nSPS) is 21.8. The molecule has 0 aromatic heterocycles. The SMILES string of the molecule is CCC[C@H](C(=O)N1CC[C@@H]([C@@H](C)O)C1)c1ccccc1. The first kappa shape index (κ1) is 15.0. The van der Waals surface area contributed by atoms with Gasteiger partial charge in [0, 0.05) is 19.0 Å².